The predicted molar refractivity (Wildman–Crippen MR) is 99.2 cm³/mol. The summed E-state index contributed by atoms with van der Waals surface area (Å²) < 4.78 is 5.57. The van der Waals surface area contributed by atoms with Crippen molar-refractivity contribution in [2.75, 3.05) is 18.6 Å². The van der Waals surface area contributed by atoms with E-state index in [4.69, 9.17) is 4.74 Å². The molecule has 1 aromatic rings. The van der Waals surface area contributed by atoms with Gasteiger partial charge in [0.1, 0.15) is 5.75 Å². The first kappa shape index (κ1) is 18.3. The Morgan fingerprint density at radius 2 is 2.21 bits per heavy atom. The van der Waals surface area contributed by atoms with Crippen molar-refractivity contribution in [2.45, 2.75) is 58.9 Å². The molecule has 0 bridgehead atoms. The molecule has 0 spiro atoms. The molecule has 24 heavy (non-hydrogen) atoms. The number of carbonyl (C=O) groups is 1. The van der Waals surface area contributed by atoms with Crippen LogP contribution in [0.15, 0.2) is 17.2 Å². The van der Waals surface area contributed by atoms with E-state index in [0.717, 1.165) is 30.7 Å². The van der Waals surface area contributed by atoms with Gasteiger partial charge < -0.3 is 9.64 Å². The number of nitrogens with zero attached hydrogens (tertiary/aromatic N) is 2. The zero-order valence-corrected chi connectivity index (χ0v) is 15.6. The van der Waals surface area contributed by atoms with Gasteiger partial charge in [-0.25, -0.2) is 5.43 Å². The van der Waals surface area contributed by atoms with Crippen LogP contribution in [-0.4, -0.2) is 31.3 Å². The van der Waals surface area contributed by atoms with Crippen LogP contribution >= 0.6 is 0 Å². The Hall–Kier alpha value is -2.04. The van der Waals surface area contributed by atoms with Crippen LogP contribution < -0.4 is 15.1 Å². The van der Waals surface area contributed by atoms with Crippen LogP contribution in [0.1, 0.15) is 64.5 Å². The fraction of sp³-hybridized carbons (Fsp3) is 0.579. The number of benzene rings is 1. The smallest absolute Gasteiger partial charge is 0.236 e. The lowest BCUT2D eigenvalue weighted by Crippen LogP contribution is -2.48. The molecule has 0 saturated carbocycles. The Morgan fingerprint density at radius 1 is 1.50 bits per heavy atom. The molecular weight excluding hydrogens is 302 g/mol. The molecule has 1 heterocycles. The van der Waals surface area contributed by atoms with Crippen molar-refractivity contribution in [3.63, 3.8) is 0 Å². The molecular formula is C19H29N3O2. The lowest BCUT2D eigenvalue weighted by molar-refractivity contribution is -0.118. The van der Waals surface area contributed by atoms with Crippen LogP contribution in [0.4, 0.5) is 5.69 Å². The highest BCUT2D eigenvalue weighted by molar-refractivity contribution is 5.87. The van der Waals surface area contributed by atoms with E-state index in [1.807, 2.05) is 0 Å². The van der Waals surface area contributed by atoms with E-state index in [1.54, 1.807) is 13.3 Å². The fourth-order valence-corrected chi connectivity index (χ4v) is 3.64. The van der Waals surface area contributed by atoms with Gasteiger partial charge in [-0.2, -0.15) is 5.10 Å². The minimum atomic E-state index is -0.188. The monoisotopic (exact) mass is 331 g/mol. The molecule has 1 amide bonds. The summed E-state index contributed by atoms with van der Waals surface area (Å²) in [4.78, 5) is 13.5. The van der Waals surface area contributed by atoms with Crippen molar-refractivity contribution in [1.29, 1.82) is 0 Å². The SMILES string of the molecule is CCCN1c2cc(OC)c(/C=N\NC(C)=O)cc2C(C)CC1(C)C. The first-order valence-corrected chi connectivity index (χ1v) is 8.59. The van der Waals surface area contributed by atoms with Crippen molar-refractivity contribution in [3.8, 4) is 5.75 Å². The summed E-state index contributed by atoms with van der Waals surface area (Å²) in [6, 6.07) is 4.25. The maximum absolute atomic E-state index is 11.0. The lowest BCUT2D eigenvalue weighted by atomic mass is 9.79. The van der Waals surface area contributed by atoms with Gasteiger partial charge in [-0.1, -0.05) is 13.8 Å². The third-order valence-corrected chi connectivity index (χ3v) is 4.61. The molecule has 5 heteroatoms. The number of hydrazone groups is 1. The highest BCUT2D eigenvalue weighted by Crippen LogP contribution is 2.45. The molecule has 1 atom stereocenters. The van der Waals surface area contributed by atoms with Crippen molar-refractivity contribution in [1.82, 2.24) is 5.43 Å². The summed E-state index contributed by atoms with van der Waals surface area (Å²) in [7, 11) is 1.67. The summed E-state index contributed by atoms with van der Waals surface area (Å²) >= 11 is 0. The topological polar surface area (TPSA) is 53.9 Å². The molecule has 2 rings (SSSR count). The van der Waals surface area contributed by atoms with E-state index in [9.17, 15) is 4.79 Å². The van der Waals surface area contributed by atoms with E-state index in [0.29, 0.717) is 5.92 Å². The average Bonchev–Trinajstić information content (AvgIpc) is 2.50. The minimum absolute atomic E-state index is 0.124. The van der Waals surface area contributed by atoms with E-state index in [1.165, 1.54) is 18.2 Å². The third-order valence-electron chi connectivity index (χ3n) is 4.61. The Bertz CT molecular complexity index is 638. The molecule has 0 radical (unpaired) electrons. The number of hydrogen-bond acceptors (Lipinski definition) is 4. The molecule has 0 aromatic heterocycles. The van der Waals surface area contributed by atoms with Gasteiger partial charge in [-0.15, -0.1) is 0 Å². The number of amides is 1. The third kappa shape index (κ3) is 3.71. The zero-order chi connectivity index (χ0) is 17.9. The van der Waals surface area contributed by atoms with E-state index < -0.39 is 0 Å². The number of anilines is 1. The van der Waals surface area contributed by atoms with Gasteiger partial charge in [0.25, 0.3) is 0 Å². The second kappa shape index (κ2) is 7.24. The number of fused-ring (bicyclic) bond motifs is 1. The number of nitrogens with one attached hydrogen (secondary N) is 1. The number of carbonyl (C=O) groups excluding carboxylic acids is 1. The van der Waals surface area contributed by atoms with Crippen LogP contribution in [0.3, 0.4) is 0 Å². The van der Waals surface area contributed by atoms with Crippen LogP contribution in [0.2, 0.25) is 0 Å². The Kier molecular flexibility index (Phi) is 5.52. The maximum atomic E-state index is 11.0. The summed E-state index contributed by atoms with van der Waals surface area (Å²) in [6.45, 7) is 11.6. The van der Waals surface area contributed by atoms with Gasteiger partial charge in [0, 0.05) is 36.3 Å². The molecule has 5 nitrogen and oxygen atoms in total. The van der Waals surface area contributed by atoms with Gasteiger partial charge in [0.05, 0.1) is 13.3 Å². The molecule has 1 aliphatic rings. The van der Waals surface area contributed by atoms with E-state index in [2.05, 4.69) is 55.3 Å². The average molecular weight is 331 g/mol. The Balaban J connectivity index is 2.49. The van der Waals surface area contributed by atoms with Crippen LogP contribution in [0, 0.1) is 0 Å². The molecule has 0 saturated heterocycles. The van der Waals surface area contributed by atoms with E-state index in [-0.39, 0.29) is 11.4 Å². The summed E-state index contributed by atoms with van der Waals surface area (Å²) in [6.07, 6.45) is 3.86. The molecule has 0 aliphatic carbocycles. The van der Waals surface area contributed by atoms with Crippen molar-refractivity contribution < 1.29 is 9.53 Å². The molecule has 1 aromatic carbocycles. The molecule has 0 fully saturated rings. The minimum Gasteiger partial charge on any atom is -0.496 e. The zero-order valence-electron chi connectivity index (χ0n) is 15.6. The van der Waals surface area contributed by atoms with Crippen LogP contribution in [0.5, 0.6) is 5.75 Å². The van der Waals surface area contributed by atoms with Gasteiger partial charge in [0.2, 0.25) is 5.91 Å². The second-order valence-electron chi connectivity index (χ2n) is 7.15. The van der Waals surface area contributed by atoms with Gasteiger partial charge in [-0.05, 0) is 44.2 Å². The summed E-state index contributed by atoms with van der Waals surface area (Å²) in [5, 5.41) is 3.99. The van der Waals surface area contributed by atoms with Crippen molar-refractivity contribution >= 4 is 17.8 Å². The van der Waals surface area contributed by atoms with Gasteiger partial charge >= 0.3 is 0 Å². The van der Waals surface area contributed by atoms with Crippen molar-refractivity contribution in [2.24, 2.45) is 5.10 Å². The van der Waals surface area contributed by atoms with Gasteiger partial charge in [-0.3, -0.25) is 4.79 Å². The quantitative estimate of drug-likeness (QED) is 0.661. The van der Waals surface area contributed by atoms with Crippen LogP contribution in [-0.2, 0) is 4.79 Å². The Morgan fingerprint density at radius 3 is 2.79 bits per heavy atom. The number of ether oxygens (including phenoxy) is 1. The summed E-state index contributed by atoms with van der Waals surface area (Å²) in [5.74, 6) is 1.04. The number of methoxy groups -OCH3 is 1. The van der Waals surface area contributed by atoms with Gasteiger partial charge in [0.15, 0.2) is 0 Å². The molecule has 132 valence electrons. The fourth-order valence-electron chi connectivity index (χ4n) is 3.64. The molecule has 1 unspecified atom stereocenters. The summed E-state index contributed by atoms with van der Waals surface area (Å²) in [5.41, 5.74) is 6.01. The highest BCUT2D eigenvalue weighted by Gasteiger charge is 2.36. The predicted octanol–water partition coefficient (Wildman–Crippen LogP) is 3.67. The number of rotatable bonds is 5. The largest absolute Gasteiger partial charge is 0.496 e. The highest BCUT2D eigenvalue weighted by atomic mass is 16.5. The maximum Gasteiger partial charge on any atom is 0.236 e. The normalized spacial score (nSPS) is 19.2. The lowest BCUT2D eigenvalue weighted by Gasteiger charge is -2.47. The number of hydrogen-bond donors (Lipinski definition) is 1. The first-order chi connectivity index (χ1) is 11.3. The van der Waals surface area contributed by atoms with Crippen LogP contribution in [0.25, 0.3) is 0 Å². The standard InChI is InChI=1S/C19H29N3O2/c1-7-8-22-17-10-18(24-6)15(12-20-21-14(3)23)9-16(17)13(2)11-19(22,4)5/h9-10,12-13H,7-8,11H2,1-6H3,(H,21,23)/b20-12-. The Labute approximate surface area is 145 Å². The second-order valence-corrected chi connectivity index (χ2v) is 7.15. The van der Waals surface area contributed by atoms with E-state index >= 15 is 0 Å². The van der Waals surface area contributed by atoms with Crippen molar-refractivity contribution in [3.05, 3.63) is 23.3 Å². The molecule has 1 aliphatic heterocycles. The molecule has 1 N–H and O–H groups in total. The first-order valence-electron chi connectivity index (χ1n) is 8.59.